The first-order chi connectivity index (χ1) is 26.3. The van der Waals surface area contributed by atoms with E-state index in [0.29, 0.717) is 0 Å². The smallest absolute Gasteiger partial charge is 0.252 e. The van der Waals surface area contributed by atoms with Crippen LogP contribution in [0.4, 0.5) is 45.5 Å². The Bertz CT molecular complexity index is 2500. The van der Waals surface area contributed by atoms with E-state index in [1.165, 1.54) is 55.8 Å². The third-order valence-electron chi connectivity index (χ3n) is 10.7. The van der Waals surface area contributed by atoms with Crippen molar-refractivity contribution >= 4 is 68.6 Å². The Morgan fingerprint density at radius 3 is 1.64 bits per heavy atom. The summed E-state index contributed by atoms with van der Waals surface area (Å²) in [6.45, 7) is 0.828. The zero-order valence-corrected chi connectivity index (χ0v) is 29.3. The quantitative estimate of drug-likeness (QED) is 0.156. The minimum absolute atomic E-state index is 0.0546. The summed E-state index contributed by atoms with van der Waals surface area (Å²) in [5, 5.41) is 0. The molecular formula is C49H36BN3. The van der Waals surface area contributed by atoms with Gasteiger partial charge in [-0.3, -0.25) is 0 Å². The van der Waals surface area contributed by atoms with E-state index < -0.39 is 0 Å². The fraction of sp³-hybridized carbons (Fsp3) is 0.0204. The van der Waals surface area contributed by atoms with Crippen LogP contribution in [0.25, 0.3) is 11.1 Å². The average Bonchev–Trinajstić information content (AvgIpc) is 3.23. The van der Waals surface area contributed by atoms with E-state index in [1.54, 1.807) is 0 Å². The van der Waals surface area contributed by atoms with Crippen molar-refractivity contribution in [2.75, 3.05) is 14.7 Å². The van der Waals surface area contributed by atoms with Crippen LogP contribution in [-0.2, 0) is 6.54 Å². The summed E-state index contributed by atoms with van der Waals surface area (Å²) < 4.78 is 0. The molecule has 3 nitrogen and oxygen atoms in total. The van der Waals surface area contributed by atoms with Gasteiger partial charge in [0.05, 0.1) is 0 Å². The molecule has 53 heavy (non-hydrogen) atoms. The number of para-hydroxylation sites is 3. The van der Waals surface area contributed by atoms with Crippen molar-refractivity contribution in [2.45, 2.75) is 6.54 Å². The Kier molecular flexibility index (Phi) is 7.65. The van der Waals surface area contributed by atoms with Crippen LogP contribution in [0.1, 0.15) is 5.56 Å². The summed E-state index contributed by atoms with van der Waals surface area (Å²) in [6, 6.07) is 74.9. The van der Waals surface area contributed by atoms with Crippen LogP contribution in [-0.4, -0.2) is 6.71 Å². The van der Waals surface area contributed by atoms with Gasteiger partial charge in [0.2, 0.25) is 0 Å². The van der Waals surface area contributed by atoms with Gasteiger partial charge in [0.25, 0.3) is 6.71 Å². The molecule has 0 saturated heterocycles. The molecule has 10 rings (SSSR count). The minimum Gasteiger partial charge on any atom is -0.338 e. The second-order valence-electron chi connectivity index (χ2n) is 13.8. The van der Waals surface area contributed by atoms with E-state index in [2.05, 4.69) is 221 Å². The fourth-order valence-electron chi connectivity index (χ4n) is 8.34. The zero-order valence-electron chi connectivity index (χ0n) is 29.3. The largest absolute Gasteiger partial charge is 0.338 e. The van der Waals surface area contributed by atoms with Gasteiger partial charge in [0, 0.05) is 52.0 Å². The van der Waals surface area contributed by atoms with E-state index in [9.17, 15) is 0 Å². The number of hydrogen-bond donors (Lipinski definition) is 0. The van der Waals surface area contributed by atoms with Crippen molar-refractivity contribution in [3.63, 3.8) is 0 Å². The number of rotatable bonds is 7. The van der Waals surface area contributed by atoms with Crippen LogP contribution in [0.5, 0.6) is 0 Å². The molecule has 0 unspecified atom stereocenters. The molecule has 0 spiro atoms. The van der Waals surface area contributed by atoms with Gasteiger partial charge in [0.15, 0.2) is 0 Å². The van der Waals surface area contributed by atoms with Crippen LogP contribution in [0, 0.1) is 0 Å². The fourth-order valence-corrected chi connectivity index (χ4v) is 8.34. The predicted molar refractivity (Wildman–Crippen MR) is 225 cm³/mol. The molecule has 0 saturated carbocycles. The van der Waals surface area contributed by atoms with Gasteiger partial charge in [-0.1, -0.05) is 140 Å². The third-order valence-corrected chi connectivity index (χ3v) is 10.7. The van der Waals surface area contributed by atoms with Crippen molar-refractivity contribution in [3.8, 4) is 11.1 Å². The molecule has 4 heteroatoms. The first kappa shape index (κ1) is 31.0. The van der Waals surface area contributed by atoms with Gasteiger partial charge in [-0.25, -0.2) is 0 Å². The highest BCUT2D eigenvalue weighted by atomic mass is 15.2. The average molecular weight is 678 g/mol. The molecule has 0 aromatic heterocycles. The van der Waals surface area contributed by atoms with Gasteiger partial charge in [-0.15, -0.1) is 0 Å². The number of hydrogen-bond acceptors (Lipinski definition) is 3. The first-order valence-corrected chi connectivity index (χ1v) is 18.3. The lowest BCUT2D eigenvalue weighted by Gasteiger charge is -2.44. The number of anilines is 8. The summed E-state index contributed by atoms with van der Waals surface area (Å²) in [7, 11) is 0. The third kappa shape index (κ3) is 5.39. The van der Waals surface area contributed by atoms with Crippen LogP contribution in [0.2, 0.25) is 0 Å². The number of benzene rings is 8. The molecule has 8 aromatic carbocycles. The lowest BCUT2D eigenvalue weighted by Crippen LogP contribution is -2.61. The standard InChI is InChI=1S/C49H36BN3/c1-6-17-36(18-7-1)35-51-45-27-16-28-46-49(45)50(43-31-29-38(33-47(43)51)37-19-8-2-9-20-37)44-32-30-42(34-48(44)53(46)41-25-14-5-15-26-41)52(39-21-10-3-11-22-39)40-23-12-4-13-24-40/h1-34H,35H2. The highest BCUT2D eigenvalue weighted by Gasteiger charge is 2.43. The molecule has 0 amide bonds. The van der Waals surface area contributed by atoms with E-state index in [4.69, 9.17) is 0 Å². The highest BCUT2D eigenvalue weighted by Crippen LogP contribution is 2.44. The molecule has 0 aliphatic carbocycles. The van der Waals surface area contributed by atoms with Crippen molar-refractivity contribution in [1.82, 2.24) is 0 Å². The van der Waals surface area contributed by atoms with Crippen molar-refractivity contribution in [3.05, 3.63) is 212 Å². The molecule has 0 bridgehead atoms. The maximum absolute atomic E-state index is 2.54. The molecule has 2 aliphatic heterocycles. The first-order valence-electron chi connectivity index (χ1n) is 18.3. The van der Waals surface area contributed by atoms with Crippen LogP contribution in [0.15, 0.2) is 206 Å². The summed E-state index contributed by atoms with van der Waals surface area (Å²) in [4.78, 5) is 7.38. The monoisotopic (exact) mass is 677 g/mol. The molecule has 0 N–H and O–H groups in total. The molecule has 250 valence electrons. The van der Waals surface area contributed by atoms with Crippen molar-refractivity contribution in [1.29, 1.82) is 0 Å². The maximum Gasteiger partial charge on any atom is 0.252 e. The van der Waals surface area contributed by atoms with Gasteiger partial charge in [0.1, 0.15) is 0 Å². The van der Waals surface area contributed by atoms with Crippen LogP contribution < -0.4 is 31.1 Å². The van der Waals surface area contributed by atoms with Crippen LogP contribution in [0.3, 0.4) is 0 Å². The molecule has 2 heterocycles. The molecule has 8 aromatic rings. The number of fused-ring (bicyclic) bond motifs is 4. The normalized spacial score (nSPS) is 12.5. The Labute approximate surface area is 311 Å². The number of nitrogens with zero attached hydrogens (tertiary/aromatic N) is 3. The highest BCUT2D eigenvalue weighted by molar-refractivity contribution is 7.00. The predicted octanol–water partition coefficient (Wildman–Crippen LogP) is 10.8. The molecular weight excluding hydrogens is 641 g/mol. The lowest BCUT2D eigenvalue weighted by molar-refractivity contribution is 0.979. The van der Waals surface area contributed by atoms with Crippen molar-refractivity contribution < 1.29 is 0 Å². The van der Waals surface area contributed by atoms with E-state index in [1.807, 2.05) is 0 Å². The Hall–Kier alpha value is -6.78. The lowest BCUT2D eigenvalue weighted by atomic mass is 9.33. The topological polar surface area (TPSA) is 9.72 Å². The van der Waals surface area contributed by atoms with Crippen molar-refractivity contribution in [2.24, 2.45) is 0 Å². The summed E-state index contributed by atoms with van der Waals surface area (Å²) in [5.74, 6) is 0. The van der Waals surface area contributed by atoms with Gasteiger partial charge < -0.3 is 14.7 Å². The summed E-state index contributed by atoms with van der Waals surface area (Å²) in [5.41, 5.74) is 17.1. The van der Waals surface area contributed by atoms with E-state index in [0.717, 1.165) is 29.3 Å². The molecule has 0 atom stereocenters. The maximum atomic E-state index is 2.54. The Balaban J connectivity index is 1.22. The SMILES string of the molecule is c1ccc(CN2c3cc(-c4ccccc4)ccc3B3c4ccc(N(c5ccccc5)c5ccccc5)cc4N(c4ccccc4)c4cccc2c43)cc1. The minimum atomic E-state index is 0.0546. The van der Waals surface area contributed by atoms with Crippen LogP contribution >= 0.6 is 0 Å². The second kappa shape index (κ2) is 13.1. The summed E-state index contributed by atoms with van der Waals surface area (Å²) in [6.07, 6.45) is 0. The zero-order chi connectivity index (χ0) is 35.1. The molecule has 0 radical (unpaired) electrons. The van der Waals surface area contributed by atoms with Gasteiger partial charge >= 0.3 is 0 Å². The Morgan fingerprint density at radius 1 is 0.396 bits per heavy atom. The van der Waals surface area contributed by atoms with E-state index in [-0.39, 0.29) is 6.71 Å². The van der Waals surface area contributed by atoms with Gasteiger partial charge in [-0.05, 0) is 99.8 Å². The molecule has 0 fully saturated rings. The summed E-state index contributed by atoms with van der Waals surface area (Å²) >= 11 is 0. The van der Waals surface area contributed by atoms with Gasteiger partial charge in [-0.2, -0.15) is 0 Å². The van der Waals surface area contributed by atoms with E-state index >= 15 is 0 Å². The Morgan fingerprint density at radius 2 is 0.962 bits per heavy atom. The molecule has 2 aliphatic rings. The second-order valence-corrected chi connectivity index (χ2v) is 13.8.